The maximum atomic E-state index is 12.1. The molecule has 2 saturated heterocycles. The Morgan fingerprint density at radius 3 is 2.59 bits per heavy atom. The van der Waals surface area contributed by atoms with Crippen LogP contribution in [-0.4, -0.2) is 79.6 Å². The molecule has 1 unspecified atom stereocenters. The molecule has 2 aliphatic heterocycles. The third-order valence-electron chi connectivity index (χ3n) is 5.88. The van der Waals surface area contributed by atoms with E-state index in [1.807, 2.05) is 18.7 Å². The van der Waals surface area contributed by atoms with Gasteiger partial charge in [0.15, 0.2) is 0 Å². The molecule has 0 saturated carbocycles. The zero-order chi connectivity index (χ0) is 24.9. The molecular formula is C21H27F3N6O4. The Hall–Kier alpha value is -3.06. The first-order valence-corrected chi connectivity index (χ1v) is 10.7. The van der Waals surface area contributed by atoms with E-state index in [2.05, 4.69) is 31.3 Å². The lowest BCUT2D eigenvalue weighted by molar-refractivity contribution is -0.192. The second kappa shape index (κ2) is 10.5. The molecule has 2 N–H and O–H groups in total. The van der Waals surface area contributed by atoms with Crippen molar-refractivity contribution in [2.75, 3.05) is 26.2 Å². The van der Waals surface area contributed by atoms with E-state index in [-0.39, 0.29) is 11.5 Å². The van der Waals surface area contributed by atoms with Crippen LogP contribution in [0.4, 0.5) is 13.2 Å². The summed E-state index contributed by atoms with van der Waals surface area (Å²) in [5.74, 6) is -2.45. The number of aliphatic carboxylic acids is 1. The Labute approximate surface area is 194 Å². The Kier molecular flexibility index (Phi) is 7.87. The first kappa shape index (κ1) is 25.6. The molecular weight excluding hydrogens is 457 g/mol. The second-order valence-corrected chi connectivity index (χ2v) is 8.38. The fourth-order valence-corrected chi connectivity index (χ4v) is 4.27. The standard InChI is InChI=1S/C19H26N6O2.C2HF3O2/c1-14-9-16(24(2)23-14)11-25-12-19(13-25)15(4-8-27-19)3-5-22-18(26)17-10-20-6-7-21-17;3-2(4,5)1(6)7/h6-7,9-10,15H,3-5,8,11-13H2,1-2H3,(H,22,26);(H,6,7). The monoisotopic (exact) mass is 484 g/mol. The molecule has 0 aliphatic carbocycles. The van der Waals surface area contributed by atoms with Crippen molar-refractivity contribution in [3.63, 3.8) is 0 Å². The minimum absolute atomic E-state index is 0.0507. The van der Waals surface area contributed by atoms with Crippen LogP contribution in [0.1, 0.15) is 34.7 Å². The van der Waals surface area contributed by atoms with Gasteiger partial charge in [-0.25, -0.2) is 9.78 Å². The van der Waals surface area contributed by atoms with Gasteiger partial charge in [0.25, 0.3) is 5.91 Å². The number of ether oxygens (including phenoxy) is 1. The molecule has 1 atom stereocenters. The summed E-state index contributed by atoms with van der Waals surface area (Å²) >= 11 is 0. The van der Waals surface area contributed by atoms with E-state index in [1.54, 1.807) is 6.20 Å². The van der Waals surface area contributed by atoms with Crippen molar-refractivity contribution < 1.29 is 32.6 Å². The Morgan fingerprint density at radius 1 is 1.32 bits per heavy atom. The number of likely N-dealkylation sites (tertiary alicyclic amines) is 1. The zero-order valence-corrected chi connectivity index (χ0v) is 18.9. The second-order valence-electron chi connectivity index (χ2n) is 8.38. The number of rotatable bonds is 6. The van der Waals surface area contributed by atoms with E-state index < -0.39 is 12.1 Å². The average Bonchev–Trinajstić information content (AvgIpc) is 3.30. The van der Waals surface area contributed by atoms with E-state index >= 15 is 0 Å². The van der Waals surface area contributed by atoms with Gasteiger partial charge in [0.1, 0.15) is 5.69 Å². The van der Waals surface area contributed by atoms with Gasteiger partial charge in [-0.1, -0.05) is 0 Å². The number of carboxylic acid groups (broad SMARTS) is 1. The minimum atomic E-state index is -5.08. The molecule has 186 valence electrons. The van der Waals surface area contributed by atoms with Crippen LogP contribution >= 0.6 is 0 Å². The van der Waals surface area contributed by atoms with Crippen LogP contribution in [0, 0.1) is 12.8 Å². The molecule has 2 aliphatic rings. The molecule has 2 aromatic rings. The number of nitrogens with zero attached hydrogens (tertiary/aromatic N) is 5. The number of amides is 1. The Balaban J connectivity index is 0.000000406. The van der Waals surface area contributed by atoms with Crippen molar-refractivity contribution in [2.45, 2.75) is 38.1 Å². The number of nitrogens with one attached hydrogen (secondary N) is 1. The number of carboxylic acids is 1. The maximum Gasteiger partial charge on any atom is 0.490 e. The summed E-state index contributed by atoms with van der Waals surface area (Å²) in [6.45, 7) is 6.25. The number of hydrogen-bond acceptors (Lipinski definition) is 7. The van der Waals surface area contributed by atoms with E-state index in [9.17, 15) is 18.0 Å². The molecule has 4 rings (SSSR count). The van der Waals surface area contributed by atoms with Crippen molar-refractivity contribution in [2.24, 2.45) is 13.0 Å². The summed E-state index contributed by atoms with van der Waals surface area (Å²) in [4.78, 5) is 31.4. The smallest absolute Gasteiger partial charge is 0.475 e. The first-order valence-electron chi connectivity index (χ1n) is 10.7. The number of halogens is 3. The lowest BCUT2D eigenvalue weighted by atomic mass is 9.79. The summed E-state index contributed by atoms with van der Waals surface area (Å²) in [5, 5.41) is 14.5. The molecule has 1 amide bonds. The summed E-state index contributed by atoms with van der Waals surface area (Å²) in [7, 11) is 1.99. The highest BCUT2D eigenvalue weighted by Gasteiger charge is 2.52. The van der Waals surface area contributed by atoms with Gasteiger partial charge in [0.2, 0.25) is 0 Å². The number of carbonyl (C=O) groups is 2. The fourth-order valence-electron chi connectivity index (χ4n) is 4.27. The predicted octanol–water partition coefficient (Wildman–Crippen LogP) is 1.56. The van der Waals surface area contributed by atoms with Gasteiger partial charge in [-0.05, 0) is 31.7 Å². The molecule has 1 spiro atoms. The third-order valence-corrected chi connectivity index (χ3v) is 5.88. The zero-order valence-electron chi connectivity index (χ0n) is 18.9. The van der Waals surface area contributed by atoms with Crippen LogP contribution in [0.25, 0.3) is 0 Å². The summed E-state index contributed by atoms with van der Waals surface area (Å²) < 4.78 is 39.8. The van der Waals surface area contributed by atoms with Crippen molar-refractivity contribution >= 4 is 11.9 Å². The molecule has 10 nitrogen and oxygen atoms in total. The molecule has 2 aromatic heterocycles. The van der Waals surface area contributed by atoms with E-state index in [0.717, 1.165) is 44.8 Å². The molecule has 13 heteroatoms. The highest BCUT2D eigenvalue weighted by Crippen LogP contribution is 2.42. The highest BCUT2D eigenvalue weighted by molar-refractivity contribution is 5.91. The Morgan fingerprint density at radius 2 is 2.03 bits per heavy atom. The SMILES string of the molecule is Cc1cc(CN2CC3(C2)OCCC3CCNC(=O)c2cnccn2)n(C)n1.O=C(O)C(F)(F)F. The van der Waals surface area contributed by atoms with E-state index in [1.165, 1.54) is 18.1 Å². The normalized spacial score (nSPS) is 19.3. The summed E-state index contributed by atoms with van der Waals surface area (Å²) in [6.07, 6.45) is 1.47. The molecule has 0 aromatic carbocycles. The van der Waals surface area contributed by atoms with Crippen molar-refractivity contribution in [3.8, 4) is 0 Å². The van der Waals surface area contributed by atoms with Gasteiger partial charge in [0, 0.05) is 52.2 Å². The molecule has 34 heavy (non-hydrogen) atoms. The van der Waals surface area contributed by atoms with Crippen LogP contribution < -0.4 is 5.32 Å². The molecule has 4 heterocycles. The largest absolute Gasteiger partial charge is 0.490 e. The molecule has 2 fully saturated rings. The summed E-state index contributed by atoms with van der Waals surface area (Å²) in [6, 6.07) is 2.14. The fraction of sp³-hybridized carbons (Fsp3) is 0.571. The number of hydrogen-bond donors (Lipinski definition) is 2. The first-order chi connectivity index (χ1) is 16.0. The van der Waals surface area contributed by atoms with Crippen LogP contribution in [0.2, 0.25) is 0 Å². The van der Waals surface area contributed by atoms with Crippen molar-refractivity contribution in [3.05, 3.63) is 41.7 Å². The van der Waals surface area contributed by atoms with Crippen LogP contribution in [0.5, 0.6) is 0 Å². The third kappa shape index (κ3) is 6.29. The van der Waals surface area contributed by atoms with Crippen molar-refractivity contribution in [1.82, 2.24) is 30.0 Å². The predicted molar refractivity (Wildman–Crippen MR) is 113 cm³/mol. The quantitative estimate of drug-likeness (QED) is 0.634. The van der Waals surface area contributed by atoms with Crippen LogP contribution in [0.15, 0.2) is 24.7 Å². The van der Waals surface area contributed by atoms with Crippen LogP contribution in [-0.2, 0) is 23.1 Å². The van der Waals surface area contributed by atoms with Crippen molar-refractivity contribution in [1.29, 1.82) is 0 Å². The lowest BCUT2D eigenvalue weighted by Crippen LogP contribution is -2.64. The van der Waals surface area contributed by atoms with Gasteiger partial charge in [-0.3, -0.25) is 19.4 Å². The van der Waals surface area contributed by atoms with Gasteiger partial charge < -0.3 is 15.2 Å². The summed E-state index contributed by atoms with van der Waals surface area (Å²) in [5.41, 5.74) is 2.59. The number of aryl methyl sites for hydroxylation is 2. The minimum Gasteiger partial charge on any atom is -0.475 e. The maximum absolute atomic E-state index is 12.1. The van der Waals surface area contributed by atoms with Gasteiger partial charge in [0.05, 0.1) is 23.2 Å². The average molecular weight is 484 g/mol. The van der Waals surface area contributed by atoms with Gasteiger partial charge >= 0.3 is 12.1 Å². The molecule has 0 radical (unpaired) electrons. The van der Waals surface area contributed by atoms with Crippen LogP contribution in [0.3, 0.4) is 0 Å². The van der Waals surface area contributed by atoms with Gasteiger partial charge in [-0.15, -0.1) is 0 Å². The number of aromatic nitrogens is 4. The van der Waals surface area contributed by atoms with E-state index in [0.29, 0.717) is 18.2 Å². The Bertz CT molecular complexity index is 992. The van der Waals surface area contributed by atoms with E-state index in [4.69, 9.17) is 14.6 Å². The topological polar surface area (TPSA) is 122 Å². The number of carbonyl (C=O) groups excluding carboxylic acids is 1. The highest BCUT2D eigenvalue weighted by atomic mass is 19.4. The van der Waals surface area contributed by atoms with Gasteiger partial charge in [-0.2, -0.15) is 18.3 Å². The lowest BCUT2D eigenvalue weighted by Gasteiger charge is -2.50. The molecule has 0 bridgehead atoms. The number of alkyl halides is 3.